The van der Waals surface area contributed by atoms with Gasteiger partial charge in [-0.25, -0.2) is 9.82 Å². The van der Waals surface area contributed by atoms with Crippen LogP contribution in [0.1, 0.15) is 13.3 Å². The molecule has 0 spiro atoms. The van der Waals surface area contributed by atoms with E-state index in [1.54, 1.807) is 24.3 Å². The average Bonchev–Trinajstić information content (AvgIpc) is 3.46. The van der Waals surface area contributed by atoms with Gasteiger partial charge in [0.2, 0.25) is 16.9 Å². The fourth-order valence-electron chi connectivity index (χ4n) is 4.78. The summed E-state index contributed by atoms with van der Waals surface area (Å²) in [6, 6.07) is 10.8. The molecule has 2 heterocycles. The SMILES string of the molecule is COc1cc(OC)c2c(=O)c(OCCCSC3=NNC(C)(OS(=O)(=O)c4cccc(F)c4)O3)c(-c3cc(OC)c(OC)c(OC)c3)oc2c1. The Morgan fingerprint density at radius 2 is 1.63 bits per heavy atom. The summed E-state index contributed by atoms with van der Waals surface area (Å²) >= 11 is 1.15. The van der Waals surface area contributed by atoms with Crippen LogP contribution in [0.2, 0.25) is 0 Å². The van der Waals surface area contributed by atoms with Crippen LogP contribution in [0.4, 0.5) is 4.39 Å². The topological polar surface area (TPSA) is 163 Å². The van der Waals surface area contributed by atoms with Crippen LogP contribution >= 0.6 is 11.8 Å². The number of fused-ring (bicyclic) bond motifs is 1. The maximum Gasteiger partial charge on any atom is 0.321 e. The molecule has 0 amide bonds. The van der Waals surface area contributed by atoms with Crippen molar-refractivity contribution in [3.63, 3.8) is 0 Å². The molecule has 0 saturated heterocycles. The fraction of sp³-hybridized carbons (Fsp3) is 0.312. The molecule has 4 aromatic rings. The molecule has 3 aromatic carbocycles. The second kappa shape index (κ2) is 14.7. The van der Waals surface area contributed by atoms with Crippen LogP contribution in [0.15, 0.2) is 67.7 Å². The minimum atomic E-state index is -4.38. The number of hydrogen-bond acceptors (Lipinski definition) is 15. The molecule has 17 heteroatoms. The Morgan fingerprint density at radius 1 is 0.918 bits per heavy atom. The number of methoxy groups -OCH3 is 5. The van der Waals surface area contributed by atoms with Gasteiger partial charge in [0.25, 0.3) is 5.23 Å². The predicted molar refractivity (Wildman–Crippen MR) is 178 cm³/mol. The van der Waals surface area contributed by atoms with Gasteiger partial charge in [-0.3, -0.25) is 4.79 Å². The van der Waals surface area contributed by atoms with Gasteiger partial charge in [0.1, 0.15) is 28.3 Å². The van der Waals surface area contributed by atoms with Crippen molar-refractivity contribution in [2.45, 2.75) is 24.2 Å². The first-order valence-corrected chi connectivity index (χ1v) is 16.9. The second-order valence-corrected chi connectivity index (χ2v) is 12.9. The summed E-state index contributed by atoms with van der Waals surface area (Å²) in [5, 5.41) is 4.25. The van der Waals surface area contributed by atoms with Crippen molar-refractivity contribution >= 4 is 38.1 Å². The fourth-order valence-corrected chi connectivity index (χ4v) is 6.64. The minimum Gasteiger partial charge on any atom is -0.496 e. The summed E-state index contributed by atoms with van der Waals surface area (Å²) in [4.78, 5) is 13.6. The van der Waals surface area contributed by atoms with Crippen molar-refractivity contribution in [3.05, 3.63) is 64.6 Å². The second-order valence-electron chi connectivity index (χ2n) is 10.3. The lowest BCUT2D eigenvalue weighted by atomic mass is 10.1. The number of hydrazone groups is 1. The Kier molecular flexibility index (Phi) is 10.6. The van der Waals surface area contributed by atoms with Crippen molar-refractivity contribution in [1.29, 1.82) is 0 Å². The van der Waals surface area contributed by atoms with E-state index < -0.39 is 27.3 Å². The Morgan fingerprint density at radius 3 is 2.27 bits per heavy atom. The van der Waals surface area contributed by atoms with E-state index in [2.05, 4.69) is 10.5 Å². The maximum atomic E-state index is 14.0. The van der Waals surface area contributed by atoms with Gasteiger partial charge in [0.05, 0.1) is 47.1 Å². The van der Waals surface area contributed by atoms with Crippen LogP contribution in [-0.2, 0) is 19.0 Å². The van der Waals surface area contributed by atoms with Gasteiger partial charge in [0, 0.05) is 30.4 Å². The molecule has 0 fully saturated rings. The monoisotopic (exact) mass is 720 g/mol. The van der Waals surface area contributed by atoms with Crippen LogP contribution in [0.5, 0.6) is 34.5 Å². The zero-order valence-electron chi connectivity index (χ0n) is 27.3. The third-order valence-corrected chi connectivity index (χ3v) is 9.30. The smallest absolute Gasteiger partial charge is 0.321 e. The molecular weight excluding hydrogens is 687 g/mol. The maximum absolute atomic E-state index is 14.0. The summed E-state index contributed by atoms with van der Waals surface area (Å²) in [5.74, 6) is -0.554. The Labute approximate surface area is 285 Å². The molecule has 49 heavy (non-hydrogen) atoms. The van der Waals surface area contributed by atoms with Crippen molar-refractivity contribution in [2.75, 3.05) is 47.9 Å². The molecule has 1 aromatic heterocycles. The molecular formula is C32H33FN2O12S2. The van der Waals surface area contributed by atoms with Crippen molar-refractivity contribution in [3.8, 4) is 45.8 Å². The zero-order chi connectivity index (χ0) is 35.3. The highest BCUT2D eigenvalue weighted by atomic mass is 32.2. The zero-order valence-corrected chi connectivity index (χ0v) is 28.9. The van der Waals surface area contributed by atoms with E-state index in [1.807, 2.05) is 0 Å². The van der Waals surface area contributed by atoms with Gasteiger partial charge in [-0.15, -0.1) is 5.10 Å². The summed E-state index contributed by atoms with van der Waals surface area (Å²) < 4.78 is 89.3. The van der Waals surface area contributed by atoms with Crippen molar-refractivity contribution in [2.24, 2.45) is 5.10 Å². The first-order valence-electron chi connectivity index (χ1n) is 14.5. The van der Waals surface area contributed by atoms with E-state index >= 15 is 0 Å². The number of nitrogens with one attached hydrogen (secondary N) is 1. The Hall–Kier alpha value is -4.87. The molecule has 0 bridgehead atoms. The number of rotatable bonds is 14. The normalized spacial score (nSPS) is 15.6. The number of nitrogens with zero attached hydrogens (tertiary/aromatic N) is 1. The molecule has 0 aliphatic carbocycles. The van der Waals surface area contributed by atoms with Crippen LogP contribution in [-0.4, -0.2) is 67.5 Å². The minimum absolute atomic E-state index is 0.0571. The lowest BCUT2D eigenvalue weighted by Crippen LogP contribution is -2.42. The number of ether oxygens (including phenoxy) is 7. The van der Waals surface area contributed by atoms with E-state index in [9.17, 15) is 17.6 Å². The third kappa shape index (κ3) is 7.58. The lowest BCUT2D eigenvalue weighted by molar-refractivity contribution is -0.109. The molecule has 1 atom stereocenters. The molecule has 0 saturated carbocycles. The van der Waals surface area contributed by atoms with Crippen LogP contribution < -0.4 is 39.3 Å². The van der Waals surface area contributed by atoms with Crippen LogP contribution in [0.25, 0.3) is 22.3 Å². The van der Waals surface area contributed by atoms with Crippen LogP contribution in [0, 0.1) is 5.82 Å². The summed E-state index contributed by atoms with van der Waals surface area (Å²) in [7, 11) is 2.93. The van der Waals surface area contributed by atoms with Crippen LogP contribution in [0.3, 0.4) is 0 Å². The van der Waals surface area contributed by atoms with Gasteiger partial charge in [0.15, 0.2) is 17.3 Å². The highest BCUT2D eigenvalue weighted by Crippen LogP contribution is 2.44. The highest BCUT2D eigenvalue weighted by molar-refractivity contribution is 8.13. The molecule has 262 valence electrons. The summed E-state index contributed by atoms with van der Waals surface area (Å²) in [6.45, 7) is 1.37. The Balaban J connectivity index is 1.34. The van der Waals surface area contributed by atoms with Gasteiger partial charge in [-0.05, 0) is 36.8 Å². The first-order chi connectivity index (χ1) is 23.4. The van der Waals surface area contributed by atoms with Gasteiger partial charge >= 0.3 is 16.0 Å². The van der Waals surface area contributed by atoms with Gasteiger partial charge < -0.3 is 37.6 Å². The van der Waals surface area contributed by atoms with Gasteiger partial charge in [-0.2, -0.15) is 12.6 Å². The Bertz CT molecular complexity index is 2030. The van der Waals surface area contributed by atoms with E-state index in [0.29, 0.717) is 40.7 Å². The molecule has 1 N–H and O–H groups in total. The summed E-state index contributed by atoms with van der Waals surface area (Å²) in [5.41, 5.74) is 2.62. The molecule has 0 radical (unpaired) electrons. The van der Waals surface area contributed by atoms with E-state index in [4.69, 9.17) is 41.8 Å². The molecule has 5 rings (SSSR count). The number of thioether (sulfide) groups is 1. The number of halogens is 1. The standard InChI is InChI=1S/C32H33FN2O12S2/c1-32(47-49(37,38)21-10-7-9-19(33)15-21)35-34-31(46-32)48-12-8-11-44-30-27(36)26-22(40-3)16-20(39-2)17-23(26)45-28(30)18-13-24(41-4)29(43-6)25(14-18)42-5/h7,9-10,13-17,35H,8,11-12H2,1-6H3. The molecule has 14 nitrogen and oxygen atoms in total. The molecule has 1 unspecified atom stereocenters. The first kappa shape index (κ1) is 35.4. The average molecular weight is 721 g/mol. The van der Waals surface area contributed by atoms with Crippen molar-refractivity contribution < 1.29 is 54.6 Å². The van der Waals surface area contributed by atoms with E-state index in [-0.39, 0.29) is 45.0 Å². The lowest BCUT2D eigenvalue weighted by Gasteiger charge is -2.22. The van der Waals surface area contributed by atoms with Gasteiger partial charge in [-0.1, -0.05) is 17.8 Å². The highest BCUT2D eigenvalue weighted by Gasteiger charge is 2.40. The molecule has 1 aliphatic rings. The number of benzene rings is 3. The van der Waals surface area contributed by atoms with E-state index in [0.717, 1.165) is 23.9 Å². The quantitative estimate of drug-likeness (QED) is 0.135. The van der Waals surface area contributed by atoms with E-state index in [1.165, 1.54) is 54.6 Å². The molecule has 1 aliphatic heterocycles. The third-order valence-electron chi connectivity index (χ3n) is 7.02. The summed E-state index contributed by atoms with van der Waals surface area (Å²) in [6.07, 6.45) is 0.387. The largest absolute Gasteiger partial charge is 0.496 e. The van der Waals surface area contributed by atoms with Crippen molar-refractivity contribution in [1.82, 2.24) is 5.43 Å². The predicted octanol–water partition coefficient (Wildman–Crippen LogP) is 5.11. The number of hydrogen-bond donors (Lipinski definition) is 1.